The van der Waals surface area contributed by atoms with E-state index in [4.69, 9.17) is 14.6 Å². The molecule has 0 radical (unpaired) electrons. The minimum Gasteiger partial charge on any atom is -0.481 e. The molecule has 4 atom stereocenters. The summed E-state index contributed by atoms with van der Waals surface area (Å²) in [7, 11) is 0. The zero-order valence-electron chi connectivity index (χ0n) is 18.6. The number of hydrogen-bond acceptors (Lipinski definition) is 4. The lowest BCUT2D eigenvalue weighted by Gasteiger charge is -2.27. The minimum absolute atomic E-state index is 0.00437. The smallest absolute Gasteiger partial charge is 0.303 e. The summed E-state index contributed by atoms with van der Waals surface area (Å²) in [6.45, 7) is 2.97. The van der Waals surface area contributed by atoms with E-state index >= 15 is 0 Å². The Kier molecular flexibility index (Phi) is 12.0. The predicted molar refractivity (Wildman–Crippen MR) is 118 cm³/mol. The predicted octanol–water partition coefficient (Wildman–Crippen LogP) is 5.83. The van der Waals surface area contributed by atoms with Crippen LogP contribution in [0, 0.1) is 11.8 Å². The van der Waals surface area contributed by atoms with Crippen LogP contribution in [0.1, 0.15) is 90.4 Å². The maximum Gasteiger partial charge on any atom is 0.303 e. The van der Waals surface area contributed by atoms with E-state index in [1.165, 1.54) is 12.8 Å². The van der Waals surface area contributed by atoms with Crippen molar-refractivity contribution < 1.29 is 24.2 Å². The normalized spacial score (nSPS) is 25.2. The quantitative estimate of drug-likeness (QED) is 0.266. The summed E-state index contributed by atoms with van der Waals surface area (Å²) >= 11 is 0. The van der Waals surface area contributed by atoms with Crippen LogP contribution in [0.5, 0.6) is 0 Å². The molecule has 1 aliphatic carbocycles. The number of rotatable bonds is 15. The molecule has 0 spiro atoms. The Labute approximate surface area is 181 Å². The average molecular weight is 421 g/mol. The van der Waals surface area contributed by atoms with Crippen LogP contribution in [-0.2, 0) is 19.1 Å². The van der Waals surface area contributed by atoms with Gasteiger partial charge in [0.2, 0.25) is 0 Å². The summed E-state index contributed by atoms with van der Waals surface area (Å²) in [6.07, 6.45) is 20.4. The number of carboxylic acids is 1. The molecule has 1 heterocycles. The van der Waals surface area contributed by atoms with Crippen LogP contribution < -0.4 is 0 Å². The van der Waals surface area contributed by atoms with Gasteiger partial charge >= 0.3 is 5.97 Å². The van der Waals surface area contributed by atoms with Gasteiger partial charge in [-0.3, -0.25) is 9.59 Å². The summed E-state index contributed by atoms with van der Waals surface area (Å²) in [4.78, 5) is 23.0. The third-order valence-electron chi connectivity index (χ3n) is 6.07. The maximum absolute atomic E-state index is 12.4. The molecule has 0 amide bonds. The molecule has 170 valence electrons. The highest BCUT2D eigenvalue weighted by molar-refractivity contribution is 5.95. The lowest BCUT2D eigenvalue weighted by molar-refractivity contribution is -0.179. The van der Waals surface area contributed by atoms with Crippen LogP contribution in [0.3, 0.4) is 0 Å². The van der Waals surface area contributed by atoms with E-state index in [1.54, 1.807) is 6.08 Å². The Morgan fingerprint density at radius 1 is 1.23 bits per heavy atom. The number of ether oxygens (including phenoxy) is 2. The molecule has 0 aromatic rings. The fourth-order valence-corrected chi connectivity index (χ4v) is 4.25. The number of carbonyl (C=O) groups is 2. The van der Waals surface area contributed by atoms with Crippen molar-refractivity contribution in [3.63, 3.8) is 0 Å². The molecule has 1 unspecified atom stereocenters. The number of allylic oxidation sites excluding steroid dienone is 3. The second-order valence-corrected chi connectivity index (χ2v) is 8.65. The average Bonchev–Trinajstić information content (AvgIpc) is 3.08. The van der Waals surface area contributed by atoms with E-state index in [1.807, 2.05) is 6.08 Å². The van der Waals surface area contributed by atoms with E-state index < -0.39 is 5.97 Å². The third-order valence-corrected chi connectivity index (χ3v) is 6.07. The molecule has 0 bridgehead atoms. The number of hydrogen-bond donors (Lipinski definition) is 1. The number of carbonyl (C=O) groups excluding carboxylic acids is 1. The van der Waals surface area contributed by atoms with Gasteiger partial charge in [0.25, 0.3) is 0 Å². The molecule has 1 saturated heterocycles. The molecule has 2 rings (SSSR count). The van der Waals surface area contributed by atoms with Crippen LogP contribution >= 0.6 is 0 Å². The number of carboxylic acid groups (broad SMARTS) is 1. The first-order chi connectivity index (χ1) is 14.6. The summed E-state index contributed by atoms with van der Waals surface area (Å²) in [5.41, 5.74) is 0. The molecule has 0 saturated carbocycles. The van der Waals surface area contributed by atoms with Crippen molar-refractivity contribution >= 4 is 11.8 Å². The number of aliphatic carboxylic acids is 1. The van der Waals surface area contributed by atoms with Crippen molar-refractivity contribution in [2.75, 3.05) is 6.61 Å². The molecular formula is C25H40O5. The molecule has 5 heteroatoms. The van der Waals surface area contributed by atoms with Gasteiger partial charge in [0.15, 0.2) is 12.1 Å². The van der Waals surface area contributed by atoms with Crippen LogP contribution in [0.25, 0.3) is 0 Å². The maximum atomic E-state index is 12.4. The fourth-order valence-electron chi connectivity index (χ4n) is 4.25. The molecule has 1 aliphatic heterocycles. The topological polar surface area (TPSA) is 72.8 Å². The second-order valence-electron chi connectivity index (χ2n) is 8.65. The van der Waals surface area contributed by atoms with Crippen LogP contribution in [0.4, 0.5) is 0 Å². The van der Waals surface area contributed by atoms with Crippen LogP contribution in [-0.4, -0.2) is 35.9 Å². The first-order valence-corrected chi connectivity index (χ1v) is 12.0. The van der Waals surface area contributed by atoms with E-state index in [9.17, 15) is 9.59 Å². The van der Waals surface area contributed by atoms with Gasteiger partial charge in [0, 0.05) is 18.9 Å². The van der Waals surface area contributed by atoms with Crippen LogP contribution in [0.2, 0.25) is 0 Å². The Bertz CT molecular complexity index is 562. The van der Waals surface area contributed by atoms with Crippen molar-refractivity contribution in [1.29, 1.82) is 0 Å². The summed E-state index contributed by atoms with van der Waals surface area (Å²) in [5.74, 6) is -0.383. The van der Waals surface area contributed by atoms with Gasteiger partial charge in [0.1, 0.15) is 0 Å². The second kappa shape index (κ2) is 14.5. The molecule has 2 aliphatic rings. The minimum atomic E-state index is -0.723. The Hall–Kier alpha value is -1.46. The van der Waals surface area contributed by atoms with Gasteiger partial charge in [-0.2, -0.15) is 0 Å². The number of ketones is 1. The SMILES string of the molecule is CCCCC[C@H](/C=C/[C@H]1C(=O)C=C[C@@H]1CCCCCCC(=O)O)OC1CCCCO1. The molecule has 1 fully saturated rings. The van der Waals surface area contributed by atoms with Crippen molar-refractivity contribution in [3.05, 3.63) is 24.3 Å². The lowest BCUT2D eigenvalue weighted by Crippen LogP contribution is -2.27. The molecular weight excluding hydrogens is 380 g/mol. The molecule has 0 aromatic carbocycles. The van der Waals surface area contributed by atoms with Crippen molar-refractivity contribution in [3.8, 4) is 0 Å². The summed E-state index contributed by atoms with van der Waals surface area (Å²) in [6, 6.07) is 0. The van der Waals surface area contributed by atoms with E-state index in [2.05, 4.69) is 19.1 Å². The Morgan fingerprint density at radius 3 is 2.80 bits per heavy atom. The van der Waals surface area contributed by atoms with Crippen molar-refractivity contribution in [1.82, 2.24) is 0 Å². The molecule has 0 aromatic heterocycles. The van der Waals surface area contributed by atoms with Gasteiger partial charge in [0.05, 0.1) is 6.10 Å². The molecule has 5 nitrogen and oxygen atoms in total. The molecule has 30 heavy (non-hydrogen) atoms. The monoisotopic (exact) mass is 420 g/mol. The van der Waals surface area contributed by atoms with Gasteiger partial charge in [-0.25, -0.2) is 0 Å². The third kappa shape index (κ3) is 9.57. The molecule has 1 N–H and O–H groups in total. The van der Waals surface area contributed by atoms with Gasteiger partial charge in [-0.05, 0) is 50.5 Å². The zero-order valence-corrected chi connectivity index (χ0v) is 18.6. The van der Waals surface area contributed by atoms with Gasteiger partial charge < -0.3 is 14.6 Å². The fraction of sp³-hybridized carbons (Fsp3) is 0.760. The Balaban J connectivity index is 1.82. The zero-order chi connectivity index (χ0) is 21.6. The highest BCUT2D eigenvalue weighted by Crippen LogP contribution is 2.29. The van der Waals surface area contributed by atoms with E-state index in [0.717, 1.165) is 70.8 Å². The summed E-state index contributed by atoms with van der Waals surface area (Å²) < 4.78 is 12.0. The Morgan fingerprint density at radius 2 is 2.07 bits per heavy atom. The van der Waals surface area contributed by atoms with Gasteiger partial charge in [-0.1, -0.05) is 63.7 Å². The highest BCUT2D eigenvalue weighted by Gasteiger charge is 2.28. The van der Waals surface area contributed by atoms with Gasteiger partial charge in [-0.15, -0.1) is 0 Å². The lowest BCUT2D eigenvalue weighted by atomic mass is 9.89. The largest absolute Gasteiger partial charge is 0.481 e. The highest BCUT2D eigenvalue weighted by atomic mass is 16.7. The van der Waals surface area contributed by atoms with E-state index in [-0.39, 0.29) is 36.4 Å². The standard InChI is InChI=1S/C25H40O5/c1-2-3-6-12-21(30-25-14-9-10-19-29-25)16-17-22-20(15-18-23(22)26)11-7-4-5-8-13-24(27)28/h15-18,20-22,25H,2-14,19H2,1H3,(H,27,28)/b17-16+/t20-,21+,22+,25?/m0/s1. The first-order valence-electron chi connectivity index (χ1n) is 12.0. The van der Waals surface area contributed by atoms with Crippen LogP contribution in [0.15, 0.2) is 24.3 Å². The number of unbranched alkanes of at least 4 members (excludes halogenated alkanes) is 5. The van der Waals surface area contributed by atoms with Crippen molar-refractivity contribution in [2.24, 2.45) is 11.8 Å². The summed E-state index contributed by atoms with van der Waals surface area (Å²) in [5, 5.41) is 8.71. The first kappa shape index (κ1) is 24.8. The van der Waals surface area contributed by atoms with Crippen molar-refractivity contribution in [2.45, 2.75) is 103 Å². The van der Waals surface area contributed by atoms with E-state index in [0.29, 0.717) is 0 Å².